The number of hydrogen-bond donors (Lipinski definition) is 2. The van der Waals surface area contributed by atoms with E-state index in [4.69, 9.17) is 11.6 Å². The van der Waals surface area contributed by atoms with Crippen LogP contribution in [0.15, 0.2) is 55.0 Å². The minimum Gasteiger partial charge on any atom is -0.433 e. The second-order valence-electron chi connectivity index (χ2n) is 6.04. The molecule has 6 nitrogen and oxygen atoms in total. The van der Waals surface area contributed by atoms with E-state index in [-0.39, 0.29) is 10.8 Å². The van der Waals surface area contributed by atoms with E-state index in [0.29, 0.717) is 11.6 Å². The molecule has 0 radical (unpaired) electrons. The molecule has 0 aliphatic rings. The van der Waals surface area contributed by atoms with Crippen molar-refractivity contribution in [1.82, 2.24) is 20.2 Å². The van der Waals surface area contributed by atoms with Crippen LogP contribution < -0.4 is 10.1 Å². The average molecular weight is 414 g/mol. The van der Waals surface area contributed by atoms with Gasteiger partial charge in [0.1, 0.15) is 5.75 Å². The Labute approximate surface area is 169 Å². The van der Waals surface area contributed by atoms with Crippen molar-refractivity contribution in [2.24, 2.45) is 0 Å². The highest BCUT2D eigenvalue weighted by atomic mass is 35.5. The molecule has 0 unspecified atom stereocenters. The van der Waals surface area contributed by atoms with Gasteiger partial charge in [-0.3, -0.25) is 5.10 Å². The van der Waals surface area contributed by atoms with Gasteiger partial charge in [0.2, 0.25) is 5.95 Å². The molecule has 9 heteroatoms. The van der Waals surface area contributed by atoms with Crippen LogP contribution in [0.4, 0.5) is 20.4 Å². The third-order valence-electron chi connectivity index (χ3n) is 4.01. The zero-order valence-corrected chi connectivity index (χ0v) is 15.6. The Bertz CT molecular complexity index is 1160. The van der Waals surface area contributed by atoms with E-state index in [9.17, 15) is 8.78 Å². The molecule has 146 valence electrons. The number of fused-ring (bicyclic) bond motifs is 1. The molecule has 0 bridgehead atoms. The molecule has 2 N–H and O–H groups in total. The van der Waals surface area contributed by atoms with Gasteiger partial charge in [-0.1, -0.05) is 29.8 Å². The highest BCUT2D eigenvalue weighted by molar-refractivity contribution is 6.32. The lowest BCUT2D eigenvalue weighted by Crippen LogP contribution is -2.03. The number of ether oxygens (including phenoxy) is 1. The molecule has 0 saturated carbocycles. The molecule has 0 atom stereocenters. The highest BCUT2D eigenvalue weighted by Crippen LogP contribution is 2.29. The summed E-state index contributed by atoms with van der Waals surface area (Å²) in [6.45, 7) is -2.93. The van der Waals surface area contributed by atoms with E-state index < -0.39 is 6.61 Å². The smallest absolute Gasteiger partial charge is 0.387 e. The first-order chi connectivity index (χ1) is 14.1. The first-order valence-corrected chi connectivity index (χ1v) is 8.89. The molecule has 29 heavy (non-hydrogen) atoms. The van der Waals surface area contributed by atoms with E-state index in [1.807, 2.05) is 30.4 Å². The fraction of sp³-hybridized carbons (Fsp3) is 0.0500. The van der Waals surface area contributed by atoms with Crippen LogP contribution in [0, 0.1) is 0 Å². The van der Waals surface area contributed by atoms with Crippen molar-refractivity contribution in [3.63, 3.8) is 0 Å². The SMILES string of the molecule is FC(F)Oc1ccc(Nc2ncc(/C=C/c3ccc4[nH]ncc4c3)cn2)cc1Cl. The van der Waals surface area contributed by atoms with Gasteiger partial charge in [0, 0.05) is 29.0 Å². The van der Waals surface area contributed by atoms with Crippen molar-refractivity contribution in [2.45, 2.75) is 6.61 Å². The molecule has 2 aromatic carbocycles. The molecule has 0 aliphatic heterocycles. The topological polar surface area (TPSA) is 75.7 Å². The highest BCUT2D eigenvalue weighted by Gasteiger charge is 2.09. The summed E-state index contributed by atoms with van der Waals surface area (Å²) in [5.41, 5.74) is 3.38. The third-order valence-corrected chi connectivity index (χ3v) is 4.30. The van der Waals surface area contributed by atoms with Gasteiger partial charge >= 0.3 is 6.61 Å². The number of H-pyrrole nitrogens is 1. The normalized spacial score (nSPS) is 11.4. The van der Waals surface area contributed by atoms with Gasteiger partial charge in [-0.2, -0.15) is 13.9 Å². The van der Waals surface area contributed by atoms with E-state index in [1.165, 1.54) is 12.1 Å². The Balaban J connectivity index is 1.43. The summed E-state index contributed by atoms with van der Waals surface area (Å²) in [5, 5.41) is 11.0. The molecule has 0 spiro atoms. The van der Waals surface area contributed by atoms with Crippen molar-refractivity contribution < 1.29 is 13.5 Å². The van der Waals surface area contributed by atoms with Crippen LogP contribution >= 0.6 is 11.6 Å². The average Bonchev–Trinajstić information content (AvgIpc) is 3.17. The number of nitrogens with zero attached hydrogens (tertiary/aromatic N) is 3. The Morgan fingerprint density at radius 2 is 1.79 bits per heavy atom. The van der Waals surface area contributed by atoms with Crippen molar-refractivity contribution in [3.05, 3.63) is 71.1 Å². The first-order valence-electron chi connectivity index (χ1n) is 8.51. The van der Waals surface area contributed by atoms with Gasteiger partial charge in [-0.25, -0.2) is 9.97 Å². The lowest BCUT2D eigenvalue weighted by molar-refractivity contribution is -0.0497. The second kappa shape index (κ2) is 8.24. The number of alkyl halides is 2. The fourth-order valence-corrected chi connectivity index (χ4v) is 2.87. The Hall–Kier alpha value is -3.52. The van der Waals surface area contributed by atoms with Gasteiger partial charge < -0.3 is 10.1 Å². The summed E-state index contributed by atoms with van der Waals surface area (Å²) in [6.07, 6.45) is 8.96. The van der Waals surface area contributed by atoms with E-state index in [2.05, 4.69) is 30.2 Å². The molecule has 0 saturated heterocycles. The molecule has 0 amide bonds. The second-order valence-corrected chi connectivity index (χ2v) is 6.45. The van der Waals surface area contributed by atoms with Crippen LogP contribution in [0.25, 0.3) is 23.1 Å². The molecular weight excluding hydrogens is 400 g/mol. The number of hydrogen-bond acceptors (Lipinski definition) is 5. The summed E-state index contributed by atoms with van der Waals surface area (Å²) in [7, 11) is 0. The quantitative estimate of drug-likeness (QED) is 0.435. The zero-order chi connectivity index (χ0) is 20.2. The zero-order valence-electron chi connectivity index (χ0n) is 14.8. The number of rotatable bonds is 6. The number of halogens is 3. The van der Waals surface area contributed by atoms with Crippen molar-refractivity contribution in [2.75, 3.05) is 5.32 Å². The minimum absolute atomic E-state index is 0.0597. The summed E-state index contributed by atoms with van der Waals surface area (Å²) in [4.78, 5) is 8.49. The first kappa shape index (κ1) is 18.8. The lowest BCUT2D eigenvalue weighted by atomic mass is 10.1. The summed E-state index contributed by atoms with van der Waals surface area (Å²) < 4.78 is 28.9. The molecule has 0 aliphatic carbocycles. The van der Waals surface area contributed by atoms with Gasteiger partial charge in [-0.05, 0) is 35.9 Å². The summed E-state index contributed by atoms with van der Waals surface area (Å²) >= 11 is 5.94. The number of nitrogens with one attached hydrogen (secondary N) is 2. The largest absolute Gasteiger partial charge is 0.433 e. The van der Waals surface area contributed by atoms with Gasteiger partial charge in [0.25, 0.3) is 0 Å². The molecule has 0 fully saturated rings. The predicted molar refractivity (Wildman–Crippen MR) is 108 cm³/mol. The summed E-state index contributed by atoms with van der Waals surface area (Å²) in [5.74, 6) is 0.253. The lowest BCUT2D eigenvalue weighted by Gasteiger charge is -2.09. The standard InChI is InChI=1S/C20H14ClF2N5O/c21-16-8-15(4-6-18(16)29-19(22)23)27-20-24-9-13(10-25-20)2-1-12-3-5-17-14(7-12)11-26-28-17/h1-11,19H,(H,26,28)(H,24,25,27)/b2-1+. The van der Waals surface area contributed by atoms with E-state index >= 15 is 0 Å². The van der Waals surface area contributed by atoms with Crippen LogP contribution in [-0.4, -0.2) is 26.8 Å². The van der Waals surface area contributed by atoms with Crippen molar-refractivity contribution in [1.29, 1.82) is 0 Å². The van der Waals surface area contributed by atoms with Gasteiger partial charge in [0.15, 0.2) is 0 Å². The Morgan fingerprint density at radius 3 is 2.55 bits per heavy atom. The van der Waals surface area contributed by atoms with Crippen LogP contribution in [0.5, 0.6) is 5.75 Å². The fourth-order valence-electron chi connectivity index (χ4n) is 2.65. The predicted octanol–water partition coefficient (Wildman–Crippen LogP) is 5.52. The summed E-state index contributed by atoms with van der Waals surface area (Å²) in [6, 6.07) is 10.3. The molecular formula is C20H14ClF2N5O. The number of aromatic nitrogens is 4. The van der Waals surface area contributed by atoms with E-state index in [1.54, 1.807) is 24.7 Å². The van der Waals surface area contributed by atoms with Gasteiger partial charge in [0.05, 0.1) is 16.7 Å². The minimum atomic E-state index is -2.93. The maximum Gasteiger partial charge on any atom is 0.387 e. The third kappa shape index (κ3) is 4.67. The maximum atomic E-state index is 12.3. The Kier molecular flexibility index (Phi) is 5.35. The van der Waals surface area contributed by atoms with E-state index in [0.717, 1.165) is 22.0 Å². The number of benzene rings is 2. The number of anilines is 2. The molecule has 2 aromatic heterocycles. The van der Waals surface area contributed by atoms with Crippen LogP contribution in [0.2, 0.25) is 5.02 Å². The molecule has 4 aromatic rings. The number of aromatic amines is 1. The Morgan fingerprint density at radius 1 is 1.00 bits per heavy atom. The van der Waals surface area contributed by atoms with Crippen molar-refractivity contribution in [3.8, 4) is 5.75 Å². The van der Waals surface area contributed by atoms with Crippen LogP contribution in [0.3, 0.4) is 0 Å². The molecule has 4 rings (SSSR count). The monoisotopic (exact) mass is 413 g/mol. The van der Waals surface area contributed by atoms with Gasteiger partial charge in [-0.15, -0.1) is 0 Å². The van der Waals surface area contributed by atoms with Crippen molar-refractivity contribution >= 4 is 46.3 Å². The van der Waals surface area contributed by atoms with Crippen LogP contribution in [-0.2, 0) is 0 Å². The maximum absolute atomic E-state index is 12.3. The van der Waals surface area contributed by atoms with Crippen LogP contribution in [0.1, 0.15) is 11.1 Å². The molecule has 2 heterocycles.